The molecule has 1 heterocycles. The van der Waals surface area contributed by atoms with Crippen molar-refractivity contribution in [1.82, 2.24) is 0 Å². The first-order valence-electron chi connectivity index (χ1n) is 8.26. The van der Waals surface area contributed by atoms with Crippen LogP contribution in [-0.2, 0) is 9.47 Å². The maximum atomic E-state index is 6.41. The van der Waals surface area contributed by atoms with Crippen LogP contribution in [-0.4, -0.2) is 18.0 Å². The SMILES string of the molecule is CC(C)C1OC(C(C)C)[P+](S)(c2ccccc2)C(C(C)C)O1. The summed E-state index contributed by atoms with van der Waals surface area (Å²) < 4.78 is 12.8. The van der Waals surface area contributed by atoms with Gasteiger partial charge in [-0.25, -0.2) is 0 Å². The third-order valence-electron chi connectivity index (χ3n) is 4.18. The Labute approximate surface area is 141 Å². The molecule has 22 heavy (non-hydrogen) atoms. The van der Waals surface area contributed by atoms with Gasteiger partial charge in [-0.2, -0.15) is 0 Å². The van der Waals surface area contributed by atoms with E-state index in [2.05, 4.69) is 71.9 Å². The lowest BCUT2D eigenvalue weighted by atomic mass is 10.2. The number of thiol groups is 1. The highest BCUT2D eigenvalue weighted by Gasteiger charge is 2.61. The highest BCUT2D eigenvalue weighted by atomic mass is 32.7. The van der Waals surface area contributed by atoms with Crippen LogP contribution >= 0.6 is 18.7 Å². The predicted molar refractivity (Wildman–Crippen MR) is 100 cm³/mol. The lowest BCUT2D eigenvalue weighted by Gasteiger charge is -2.46. The normalized spacial score (nSPS) is 32.9. The molecule has 1 aliphatic heterocycles. The zero-order chi connectivity index (χ0) is 16.5. The molecule has 1 aliphatic rings. The zero-order valence-corrected chi connectivity index (χ0v) is 16.4. The molecule has 0 bridgehead atoms. The van der Waals surface area contributed by atoms with Gasteiger partial charge in [-0.3, -0.25) is 0 Å². The first-order chi connectivity index (χ1) is 10.3. The molecule has 0 radical (unpaired) electrons. The largest absolute Gasteiger partial charge is 0.313 e. The number of rotatable bonds is 4. The smallest absolute Gasteiger partial charge is 0.189 e. The number of benzene rings is 1. The molecular formula is C18H30O2PS+. The van der Waals surface area contributed by atoms with Gasteiger partial charge < -0.3 is 9.47 Å². The van der Waals surface area contributed by atoms with Crippen molar-refractivity contribution < 1.29 is 9.47 Å². The molecule has 4 heteroatoms. The number of hydrogen-bond acceptors (Lipinski definition) is 3. The molecule has 2 rings (SSSR count). The standard InChI is InChI=1S/C18H30O2PS/c1-12(2)16-19-17(13(3)4)21(22,18(20-16)14(5)6)15-10-8-7-9-11-15/h7-14,16-18,22H,1-6H3/q+1. The molecule has 0 spiro atoms. The Kier molecular flexibility index (Phi) is 5.99. The Hall–Kier alpha value is -0.0800. The summed E-state index contributed by atoms with van der Waals surface area (Å²) >= 11 is 5.28. The van der Waals surface area contributed by atoms with Gasteiger partial charge in [0.25, 0.3) is 0 Å². The van der Waals surface area contributed by atoms with E-state index in [4.69, 9.17) is 21.7 Å². The molecule has 0 aromatic heterocycles. The van der Waals surface area contributed by atoms with Crippen molar-refractivity contribution in [3.05, 3.63) is 30.3 Å². The molecule has 1 fully saturated rings. The predicted octanol–water partition coefficient (Wildman–Crippen LogP) is 5.17. The first kappa shape index (κ1) is 18.3. The Morgan fingerprint density at radius 2 is 1.27 bits per heavy atom. The van der Waals surface area contributed by atoms with Crippen LogP contribution in [0.25, 0.3) is 0 Å². The maximum absolute atomic E-state index is 6.41. The third kappa shape index (κ3) is 3.38. The van der Waals surface area contributed by atoms with Gasteiger partial charge in [0.05, 0.1) is 0 Å². The van der Waals surface area contributed by atoms with Crippen LogP contribution in [0.4, 0.5) is 0 Å². The highest BCUT2D eigenvalue weighted by Crippen LogP contribution is 2.75. The summed E-state index contributed by atoms with van der Waals surface area (Å²) in [5.41, 5.74) is 0. The average Bonchev–Trinajstić information content (AvgIpc) is 2.47. The van der Waals surface area contributed by atoms with Crippen molar-refractivity contribution in [2.75, 3.05) is 0 Å². The van der Waals surface area contributed by atoms with Gasteiger partial charge in [0.2, 0.25) is 0 Å². The van der Waals surface area contributed by atoms with Crippen molar-refractivity contribution >= 4 is 24.0 Å². The van der Waals surface area contributed by atoms with Crippen LogP contribution in [0.5, 0.6) is 0 Å². The first-order valence-corrected chi connectivity index (χ1v) is 11.3. The Balaban J connectivity index is 2.50. The molecule has 0 saturated carbocycles. The molecule has 2 unspecified atom stereocenters. The topological polar surface area (TPSA) is 18.5 Å². The van der Waals surface area contributed by atoms with Crippen LogP contribution in [0.2, 0.25) is 0 Å². The van der Waals surface area contributed by atoms with Crippen LogP contribution < -0.4 is 5.30 Å². The van der Waals surface area contributed by atoms with E-state index in [1.165, 1.54) is 5.30 Å². The zero-order valence-electron chi connectivity index (χ0n) is 14.6. The van der Waals surface area contributed by atoms with Crippen LogP contribution in [0, 0.1) is 17.8 Å². The molecule has 0 amide bonds. The van der Waals surface area contributed by atoms with Crippen molar-refractivity contribution in [2.45, 2.75) is 59.5 Å². The fraction of sp³-hybridized carbons (Fsp3) is 0.667. The van der Waals surface area contributed by atoms with Gasteiger partial charge in [0.1, 0.15) is 5.30 Å². The van der Waals surface area contributed by atoms with E-state index in [1.807, 2.05) is 0 Å². The average molecular weight is 341 g/mol. The van der Waals surface area contributed by atoms with E-state index in [-0.39, 0.29) is 18.0 Å². The van der Waals surface area contributed by atoms with Crippen molar-refractivity contribution in [2.24, 2.45) is 17.8 Å². The van der Waals surface area contributed by atoms with E-state index in [1.54, 1.807) is 0 Å². The summed E-state index contributed by atoms with van der Waals surface area (Å²) in [7, 11) is 0. The van der Waals surface area contributed by atoms with Gasteiger partial charge in [-0.1, -0.05) is 59.7 Å². The van der Waals surface area contributed by atoms with Crippen LogP contribution in [0.3, 0.4) is 0 Å². The van der Waals surface area contributed by atoms with Crippen molar-refractivity contribution in [3.8, 4) is 0 Å². The van der Waals surface area contributed by atoms with Gasteiger partial charge in [0, 0.05) is 30.0 Å². The summed E-state index contributed by atoms with van der Waals surface area (Å²) in [6.45, 7) is 11.4. The quantitative estimate of drug-likeness (QED) is 0.602. The summed E-state index contributed by atoms with van der Waals surface area (Å²) in [6.07, 6.45) is -0.135. The van der Waals surface area contributed by atoms with Crippen molar-refractivity contribution in [1.29, 1.82) is 0 Å². The molecule has 1 saturated heterocycles. The lowest BCUT2D eigenvalue weighted by Crippen LogP contribution is -2.48. The molecule has 0 N–H and O–H groups in total. The maximum Gasteiger partial charge on any atom is 0.189 e. The second-order valence-electron chi connectivity index (χ2n) is 7.23. The molecule has 0 aliphatic carbocycles. The van der Waals surface area contributed by atoms with E-state index < -0.39 is 6.46 Å². The van der Waals surface area contributed by atoms with E-state index in [0.717, 1.165) is 0 Å². The fourth-order valence-corrected chi connectivity index (χ4v) is 9.42. The lowest BCUT2D eigenvalue weighted by molar-refractivity contribution is -0.211. The Morgan fingerprint density at radius 1 is 0.818 bits per heavy atom. The van der Waals surface area contributed by atoms with E-state index in [0.29, 0.717) is 17.8 Å². The minimum Gasteiger partial charge on any atom is -0.313 e. The summed E-state index contributed by atoms with van der Waals surface area (Å²) in [5, 5.41) is 1.29. The summed E-state index contributed by atoms with van der Waals surface area (Å²) in [6, 6.07) is 10.6. The molecular weight excluding hydrogens is 311 g/mol. The second-order valence-corrected chi connectivity index (χ2v) is 12.2. The van der Waals surface area contributed by atoms with Gasteiger partial charge in [-0.15, -0.1) is 0 Å². The summed E-state index contributed by atoms with van der Waals surface area (Å²) in [5.74, 6) is 1.44. The van der Waals surface area contributed by atoms with E-state index in [9.17, 15) is 0 Å². The minimum atomic E-state index is -1.88. The molecule has 2 nitrogen and oxygen atoms in total. The third-order valence-corrected chi connectivity index (χ3v) is 10.3. The monoisotopic (exact) mass is 341 g/mol. The number of hydrogen-bond donors (Lipinski definition) is 1. The number of ether oxygens (including phenoxy) is 2. The van der Waals surface area contributed by atoms with Gasteiger partial charge in [-0.05, 0) is 12.1 Å². The Bertz CT molecular complexity index is 457. The molecule has 1 aromatic rings. The van der Waals surface area contributed by atoms with Gasteiger partial charge in [0.15, 0.2) is 24.4 Å². The minimum absolute atomic E-state index is 0.131. The summed E-state index contributed by atoms with van der Waals surface area (Å²) in [4.78, 5) is 0. The second kappa shape index (κ2) is 7.21. The highest BCUT2D eigenvalue weighted by molar-refractivity contribution is 8.56. The van der Waals surface area contributed by atoms with E-state index >= 15 is 0 Å². The molecule has 2 atom stereocenters. The van der Waals surface area contributed by atoms with Crippen LogP contribution in [0.15, 0.2) is 30.3 Å². The van der Waals surface area contributed by atoms with Gasteiger partial charge >= 0.3 is 0 Å². The van der Waals surface area contributed by atoms with Crippen molar-refractivity contribution in [3.63, 3.8) is 0 Å². The molecule has 1 aromatic carbocycles. The molecule has 124 valence electrons. The fourth-order valence-electron chi connectivity index (χ4n) is 3.14. The van der Waals surface area contributed by atoms with Crippen LogP contribution in [0.1, 0.15) is 41.5 Å². The Morgan fingerprint density at radius 3 is 1.64 bits per heavy atom.